The number of hydrogen-bond donors (Lipinski definition) is 1. The number of allylic oxidation sites excluding steroid dienone is 1. The van der Waals surface area contributed by atoms with Crippen LogP contribution in [-0.2, 0) is 16.1 Å². The van der Waals surface area contributed by atoms with Crippen molar-refractivity contribution >= 4 is 91.5 Å². The number of benzene rings is 1. The Kier molecular flexibility index (Phi) is 7.06. The number of halogens is 1. The second-order valence-corrected chi connectivity index (χ2v) is 11.1. The van der Waals surface area contributed by atoms with Gasteiger partial charge >= 0.3 is 5.97 Å². The number of fused-ring (bicyclic) bond motifs is 1. The number of carbonyl (C=O) groups excluding carboxylic acids is 1. The highest BCUT2D eigenvalue weighted by Crippen LogP contribution is 2.46. The standard InChI is InChI=1S/C21H18ClN3O4S4/c1-3-23-12-9-11(22)5-6-13(12)31-15(23)8-7-14-18(28)25(10-16(26)27)20(32-14)17-19(29)24(4-2)21(30)33-17/h5-9H,3-4,10H2,1-2H3,(H,26,27)/b14-7?,15-8?,20-17-. The number of aliphatic carboxylic acids is 1. The normalized spacial score (nSPS) is 19.2. The summed E-state index contributed by atoms with van der Waals surface area (Å²) in [6.07, 6.45) is 3.51. The summed E-state index contributed by atoms with van der Waals surface area (Å²) in [5.74, 6) is -1.48. The summed E-state index contributed by atoms with van der Waals surface area (Å²) in [5.41, 5.74) is 0.545. The van der Waals surface area contributed by atoms with Crippen LogP contribution in [0.2, 0.25) is 5.02 Å². The van der Waals surface area contributed by atoms with Crippen molar-refractivity contribution in [3.63, 3.8) is 0 Å². The lowest BCUT2D eigenvalue weighted by molar-refractivity contribution is -0.137. The van der Waals surface area contributed by atoms with E-state index in [1.807, 2.05) is 38.1 Å². The van der Waals surface area contributed by atoms with Crippen molar-refractivity contribution in [3.05, 3.63) is 53.9 Å². The SMILES string of the molecule is CCN1C(=O)/C(=c2/sc(=CC=C3Sc4ccc(Cl)cc4N3CC)c(=O)n2CC(=O)O)SC1=S. The molecule has 1 fully saturated rings. The molecule has 0 radical (unpaired) electrons. The molecule has 3 heterocycles. The van der Waals surface area contributed by atoms with E-state index in [2.05, 4.69) is 4.90 Å². The number of rotatable bonds is 5. The minimum absolute atomic E-state index is 0.282. The molecule has 0 saturated carbocycles. The van der Waals surface area contributed by atoms with Crippen LogP contribution in [0.1, 0.15) is 13.8 Å². The van der Waals surface area contributed by atoms with E-state index in [0.717, 1.165) is 43.3 Å². The van der Waals surface area contributed by atoms with Crippen molar-refractivity contribution in [2.45, 2.75) is 25.3 Å². The third kappa shape index (κ3) is 4.52. The number of thiazole rings is 1. The molecule has 0 aliphatic carbocycles. The van der Waals surface area contributed by atoms with E-state index in [1.54, 1.807) is 17.8 Å². The molecule has 0 bridgehead atoms. The summed E-state index contributed by atoms with van der Waals surface area (Å²) in [7, 11) is 0. The maximum Gasteiger partial charge on any atom is 0.323 e. The first-order chi connectivity index (χ1) is 15.7. The largest absolute Gasteiger partial charge is 0.480 e. The van der Waals surface area contributed by atoms with Crippen molar-refractivity contribution < 1.29 is 14.7 Å². The maximum atomic E-state index is 13.1. The number of amides is 1. The molecule has 0 atom stereocenters. The Morgan fingerprint density at radius 1 is 1.15 bits per heavy atom. The van der Waals surface area contributed by atoms with E-state index in [0.29, 0.717) is 31.6 Å². The van der Waals surface area contributed by atoms with Crippen LogP contribution in [-0.4, -0.2) is 43.9 Å². The van der Waals surface area contributed by atoms with E-state index >= 15 is 0 Å². The molecule has 12 heteroatoms. The zero-order valence-corrected chi connectivity index (χ0v) is 21.6. The van der Waals surface area contributed by atoms with Gasteiger partial charge < -0.3 is 10.0 Å². The van der Waals surface area contributed by atoms with Crippen LogP contribution in [0.4, 0.5) is 5.69 Å². The maximum absolute atomic E-state index is 13.1. The summed E-state index contributed by atoms with van der Waals surface area (Å²) in [6, 6.07) is 5.69. The molecule has 4 rings (SSSR count). The van der Waals surface area contributed by atoms with Crippen molar-refractivity contribution in [2.75, 3.05) is 18.0 Å². The van der Waals surface area contributed by atoms with Gasteiger partial charge in [-0.05, 0) is 44.2 Å². The molecule has 7 nitrogen and oxygen atoms in total. The van der Waals surface area contributed by atoms with Gasteiger partial charge in [-0.25, -0.2) is 0 Å². The summed E-state index contributed by atoms with van der Waals surface area (Å²) in [6.45, 7) is 4.41. The monoisotopic (exact) mass is 539 g/mol. The molecule has 1 amide bonds. The second kappa shape index (κ2) is 9.67. The van der Waals surface area contributed by atoms with Crippen LogP contribution >= 0.6 is 58.7 Å². The van der Waals surface area contributed by atoms with Crippen LogP contribution in [0.15, 0.2) is 39.0 Å². The first-order valence-electron chi connectivity index (χ1n) is 9.91. The average molecular weight is 540 g/mol. The molecule has 2 aromatic rings. The molecular formula is C21H18ClN3O4S4. The van der Waals surface area contributed by atoms with Crippen LogP contribution in [0, 0.1) is 0 Å². The van der Waals surface area contributed by atoms with Crippen molar-refractivity contribution in [1.82, 2.24) is 9.47 Å². The molecule has 2 aliphatic rings. The van der Waals surface area contributed by atoms with Crippen molar-refractivity contribution in [1.29, 1.82) is 0 Å². The number of hydrogen-bond acceptors (Lipinski definition) is 8. The Balaban J connectivity index is 1.84. The highest BCUT2D eigenvalue weighted by molar-refractivity contribution is 8.30. The number of thiocarbonyl (C=S) groups is 1. The van der Waals surface area contributed by atoms with Crippen molar-refractivity contribution in [2.24, 2.45) is 0 Å². The van der Waals surface area contributed by atoms with E-state index in [4.69, 9.17) is 23.8 Å². The zero-order valence-electron chi connectivity index (χ0n) is 17.5. The molecule has 1 saturated heterocycles. The van der Waals surface area contributed by atoms with Gasteiger partial charge in [0.05, 0.1) is 15.2 Å². The first kappa shape index (κ1) is 24.1. The van der Waals surface area contributed by atoms with E-state index in [-0.39, 0.29) is 10.8 Å². The predicted octanol–water partition coefficient (Wildman–Crippen LogP) is 2.89. The van der Waals surface area contributed by atoms with E-state index in [9.17, 15) is 19.5 Å². The minimum atomic E-state index is -1.16. The highest BCUT2D eigenvalue weighted by atomic mass is 35.5. The third-order valence-corrected chi connectivity index (χ3v) is 9.03. The Morgan fingerprint density at radius 2 is 1.88 bits per heavy atom. The smallest absolute Gasteiger partial charge is 0.323 e. The summed E-state index contributed by atoms with van der Waals surface area (Å²) in [5, 5.41) is 10.9. The van der Waals surface area contributed by atoms with Crippen LogP contribution in [0.5, 0.6) is 0 Å². The van der Waals surface area contributed by atoms with E-state index < -0.39 is 18.1 Å². The third-order valence-electron chi connectivity index (χ3n) is 4.95. The predicted molar refractivity (Wildman–Crippen MR) is 139 cm³/mol. The zero-order chi connectivity index (χ0) is 23.9. The lowest BCUT2D eigenvalue weighted by Crippen LogP contribution is -2.35. The number of thioether (sulfide) groups is 2. The fourth-order valence-corrected chi connectivity index (χ4v) is 7.31. The Morgan fingerprint density at radius 3 is 2.52 bits per heavy atom. The van der Waals surface area contributed by atoms with Crippen molar-refractivity contribution in [3.8, 4) is 0 Å². The lowest BCUT2D eigenvalue weighted by Gasteiger charge is -2.17. The van der Waals surface area contributed by atoms with E-state index in [1.165, 1.54) is 4.90 Å². The lowest BCUT2D eigenvalue weighted by atomic mass is 10.3. The summed E-state index contributed by atoms with van der Waals surface area (Å²) >= 11 is 15.2. The molecule has 1 aromatic carbocycles. The number of carboxylic acid groups (broad SMARTS) is 1. The second-order valence-electron chi connectivity index (χ2n) is 6.93. The topological polar surface area (TPSA) is 82.9 Å². The van der Waals surface area contributed by atoms with Gasteiger partial charge in [0.25, 0.3) is 11.5 Å². The Bertz CT molecular complexity index is 1400. The Labute approximate surface area is 212 Å². The van der Waals surface area contributed by atoms with Gasteiger partial charge in [-0.1, -0.05) is 47.3 Å². The van der Waals surface area contributed by atoms with Gasteiger partial charge in [-0.2, -0.15) is 0 Å². The summed E-state index contributed by atoms with van der Waals surface area (Å²) in [4.78, 5) is 42.2. The molecule has 0 unspecified atom stereocenters. The van der Waals surface area contributed by atoms with Gasteiger partial charge in [-0.15, -0.1) is 11.3 Å². The number of nitrogens with zero attached hydrogens (tertiary/aromatic N) is 3. The van der Waals surface area contributed by atoms with Gasteiger partial charge in [0.1, 0.15) is 20.4 Å². The number of anilines is 1. The minimum Gasteiger partial charge on any atom is -0.480 e. The molecule has 2 aliphatic heterocycles. The average Bonchev–Trinajstić information content (AvgIpc) is 3.37. The van der Waals surface area contributed by atoms with Crippen LogP contribution in [0.3, 0.4) is 0 Å². The van der Waals surface area contributed by atoms with Gasteiger partial charge in [0.15, 0.2) is 0 Å². The summed E-state index contributed by atoms with van der Waals surface area (Å²) < 4.78 is 2.17. The molecule has 172 valence electrons. The fraction of sp³-hybridized carbons (Fsp3) is 0.238. The fourth-order valence-electron chi connectivity index (χ4n) is 3.45. The Hall–Kier alpha value is -2.05. The van der Waals surface area contributed by atoms with Crippen LogP contribution < -0.4 is 19.7 Å². The molecular weight excluding hydrogens is 522 g/mol. The number of carbonyl (C=O) groups is 2. The highest BCUT2D eigenvalue weighted by Gasteiger charge is 2.33. The van der Waals surface area contributed by atoms with Gasteiger partial charge in [-0.3, -0.25) is 23.9 Å². The van der Waals surface area contributed by atoms with Crippen LogP contribution in [0.25, 0.3) is 11.0 Å². The van der Waals surface area contributed by atoms with Gasteiger partial charge in [0, 0.05) is 23.0 Å². The molecule has 33 heavy (non-hydrogen) atoms. The molecule has 0 spiro atoms. The molecule has 1 N–H and O–H groups in total. The quantitative estimate of drug-likeness (QED) is 0.581. The van der Waals surface area contributed by atoms with Gasteiger partial charge in [0.2, 0.25) is 0 Å². The first-order valence-corrected chi connectivity index (χ1v) is 13.1. The number of aromatic nitrogens is 1. The number of carboxylic acids is 1. The molecule has 1 aromatic heterocycles.